The molecule has 0 aliphatic rings. The van der Waals surface area contributed by atoms with Gasteiger partial charge in [-0.05, 0) is 59.7 Å². The molecule has 106 valence electrons. The number of unbranched alkanes of at least 4 members (excludes halogenated alkanes) is 1. The number of anilines is 1. The quantitative estimate of drug-likeness (QED) is 0.445. The Morgan fingerprint density at radius 1 is 0.800 bits per heavy atom. The molecule has 0 saturated carbocycles. The normalized spacial score (nSPS) is 10.2. The molecule has 20 heavy (non-hydrogen) atoms. The lowest BCUT2D eigenvalue weighted by atomic mass is 10.3. The lowest BCUT2D eigenvalue weighted by Gasteiger charge is -2.09. The Morgan fingerprint density at radius 2 is 1.35 bits per heavy atom. The fourth-order valence-electron chi connectivity index (χ4n) is 1.74. The minimum absolute atomic E-state index is 0.656. The summed E-state index contributed by atoms with van der Waals surface area (Å²) in [5.74, 6) is 1.70. The van der Waals surface area contributed by atoms with E-state index < -0.39 is 0 Å². The molecule has 2 rings (SSSR count). The molecule has 0 aliphatic heterocycles. The van der Waals surface area contributed by atoms with E-state index in [2.05, 4.69) is 22.6 Å². The Labute approximate surface area is 133 Å². The van der Waals surface area contributed by atoms with Crippen molar-refractivity contribution in [3.8, 4) is 11.5 Å². The number of para-hydroxylation sites is 3. The van der Waals surface area contributed by atoms with Crippen molar-refractivity contribution < 1.29 is 9.47 Å². The van der Waals surface area contributed by atoms with Gasteiger partial charge in [-0.2, -0.15) is 0 Å². The van der Waals surface area contributed by atoms with Crippen LogP contribution in [0.1, 0.15) is 12.8 Å². The van der Waals surface area contributed by atoms with Crippen molar-refractivity contribution in [2.75, 3.05) is 18.9 Å². The largest absolute Gasteiger partial charge is 0.492 e. The van der Waals surface area contributed by atoms with Gasteiger partial charge in [-0.25, -0.2) is 0 Å². The molecule has 0 radical (unpaired) electrons. The van der Waals surface area contributed by atoms with Crippen molar-refractivity contribution in [1.29, 1.82) is 0 Å². The predicted octanol–water partition coefficient (Wildman–Crippen LogP) is 4.11. The minimum Gasteiger partial charge on any atom is -0.492 e. The molecular formula is C16H18INO2. The molecule has 4 heteroatoms. The second-order valence-electron chi connectivity index (χ2n) is 4.37. The minimum atomic E-state index is 0.656. The van der Waals surface area contributed by atoms with Crippen LogP contribution in [0.2, 0.25) is 0 Å². The highest BCUT2D eigenvalue weighted by Crippen LogP contribution is 2.21. The summed E-state index contributed by atoms with van der Waals surface area (Å²) in [6.45, 7) is 1.36. The van der Waals surface area contributed by atoms with Gasteiger partial charge >= 0.3 is 0 Å². The average Bonchev–Trinajstić information content (AvgIpc) is 2.46. The summed E-state index contributed by atoms with van der Waals surface area (Å²) in [7, 11) is 0. The molecule has 2 aromatic rings. The number of nitrogen functional groups attached to an aromatic ring is 1. The lowest BCUT2D eigenvalue weighted by Crippen LogP contribution is -2.04. The Bertz CT molecular complexity index is 496. The number of hydrogen-bond donors (Lipinski definition) is 1. The zero-order valence-electron chi connectivity index (χ0n) is 11.2. The van der Waals surface area contributed by atoms with E-state index in [0.717, 1.165) is 27.9 Å². The van der Waals surface area contributed by atoms with E-state index in [1.54, 1.807) is 0 Å². The van der Waals surface area contributed by atoms with Crippen LogP contribution in [0.4, 0.5) is 5.69 Å². The van der Waals surface area contributed by atoms with E-state index in [1.807, 2.05) is 48.5 Å². The maximum absolute atomic E-state index is 5.80. The fourth-order valence-corrected chi connectivity index (χ4v) is 2.29. The highest BCUT2D eigenvalue weighted by molar-refractivity contribution is 14.1. The first kappa shape index (κ1) is 15.0. The van der Waals surface area contributed by atoms with E-state index in [0.29, 0.717) is 18.9 Å². The van der Waals surface area contributed by atoms with Gasteiger partial charge in [-0.1, -0.05) is 24.3 Å². The zero-order valence-corrected chi connectivity index (χ0v) is 13.4. The summed E-state index contributed by atoms with van der Waals surface area (Å²) < 4.78 is 12.5. The summed E-state index contributed by atoms with van der Waals surface area (Å²) >= 11 is 2.28. The summed E-state index contributed by atoms with van der Waals surface area (Å²) in [6, 6.07) is 15.6. The third kappa shape index (κ3) is 4.59. The topological polar surface area (TPSA) is 44.5 Å². The van der Waals surface area contributed by atoms with Gasteiger partial charge in [0.25, 0.3) is 0 Å². The lowest BCUT2D eigenvalue weighted by molar-refractivity contribution is 0.266. The second kappa shape index (κ2) is 7.99. The third-order valence-electron chi connectivity index (χ3n) is 2.81. The molecule has 0 amide bonds. The molecule has 2 N–H and O–H groups in total. The van der Waals surface area contributed by atoms with E-state index in [4.69, 9.17) is 15.2 Å². The van der Waals surface area contributed by atoms with Crippen LogP contribution < -0.4 is 15.2 Å². The van der Waals surface area contributed by atoms with Crippen LogP contribution >= 0.6 is 22.6 Å². The van der Waals surface area contributed by atoms with Gasteiger partial charge < -0.3 is 15.2 Å². The van der Waals surface area contributed by atoms with E-state index in [9.17, 15) is 0 Å². The monoisotopic (exact) mass is 383 g/mol. The maximum atomic E-state index is 5.80. The van der Waals surface area contributed by atoms with E-state index in [-0.39, 0.29) is 0 Å². The van der Waals surface area contributed by atoms with Gasteiger partial charge in [0.05, 0.1) is 22.5 Å². The number of nitrogens with two attached hydrogens (primary N) is 1. The van der Waals surface area contributed by atoms with E-state index in [1.165, 1.54) is 0 Å². The van der Waals surface area contributed by atoms with Gasteiger partial charge in [-0.3, -0.25) is 0 Å². The zero-order chi connectivity index (χ0) is 14.2. The molecule has 0 spiro atoms. The molecule has 0 heterocycles. The number of rotatable bonds is 7. The first-order valence-corrected chi connectivity index (χ1v) is 7.70. The Balaban J connectivity index is 1.63. The molecule has 0 aromatic heterocycles. The first-order valence-electron chi connectivity index (χ1n) is 6.62. The summed E-state index contributed by atoms with van der Waals surface area (Å²) in [5, 5.41) is 0. The van der Waals surface area contributed by atoms with Crippen LogP contribution in [0.5, 0.6) is 11.5 Å². The van der Waals surface area contributed by atoms with Gasteiger partial charge in [0.1, 0.15) is 11.5 Å². The maximum Gasteiger partial charge on any atom is 0.142 e. The molecule has 0 saturated heterocycles. The van der Waals surface area contributed by atoms with Crippen LogP contribution in [-0.4, -0.2) is 13.2 Å². The number of benzene rings is 2. The molecule has 0 aliphatic carbocycles. The second-order valence-corrected chi connectivity index (χ2v) is 5.53. The summed E-state index contributed by atoms with van der Waals surface area (Å²) in [4.78, 5) is 0. The van der Waals surface area contributed by atoms with Crippen molar-refractivity contribution in [3.63, 3.8) is 0 Å². The van der Waals surface area contributed by atoms with Crippen LogP contribution in [0.15, 0.2) is 48.5 Å². The van der Waals surface area contributed by atoms with Gasteiger partial charge in [0, 0.05) is 0 Å². The number of ether oxygens (including phenoxy) is 2. The molecule has 3 nitrogen and oxygen atoms in total. The van der Waals surface area contributed by atoms with Crippen LogP contribution in [0, 0.1) is 3.57 Å². The smallest absolute Gasteiger partial charge is 0.142 e. The van der Waals surface area contributed by atoms with Crippen LogP contribution in [0.25, 0.3) is 0 Å². The fraction of sp³-hybridized carbons (Fsp3) is 0.250. The third-order valence-corrected chi connectivity index (χ3v) is 3.70. The standard InChI is InChI=1S/C16H18INO2/c17-13-7-1-3-9-15(13)19-11-5-6-12-20-16-10-4-2-8-14(16)18/h1-4,7-10H,5-6,11-12,18H2. The van der Waals surface area contributed by atoms with Crippen molar-refractivity contribution in [2.24, 2.45) is 0 Å². The number of halogens is 1. The van der Waals surface area contributed by atoms with Crippen molar-refractivity contribution in [2.45, 2.75) is 12.8 Å². The SMILES string of the molecule is Nc1ccccc1OCCCCOc1ccccc1I. The molecule has 0 fully saturated rings. The van der Waals surface area contributed by atoms with E-state index >= 15 is 0 Å². The summed E-state index contributed by atoms with van der Waals surface area (Å²) in [6.07, 6.45) is 1.90. The van der Waals surface area contributed by atoms with Gasteiger partial charge in [-0.15, -0.1) is 0 Å². The molecule has 0 bridgehead atoms. The average molecular weight is 383 g/mol. The first-order chi connectivity index (χ1) is 9.77. The molecule has 0 unspecified atom stereocenters. The van der Waals surface area contributed by atoms with Crippen LogP contribution in [0.3, 0.4) is 0 Å². The summed E-state index contributed by atoms with van der Waals surface area (Å²) in [5.41, 5.74) is 6.49. The molecule has 2 aromatic carbocycles. The Morgan fingerprint density at radius 3 is 2.00 bits per heavy atom. The van der Waals surface area contributed by atoms with Crippen molar-refractivity contribution in [1.82, 2.24) is 0 Å². The highest BCUT2D eigenvalue weighted by Gasteiger charge is 2.00. The van der Waals surface area contributed by atoms with Crippen molar-refractivity contribution >= 4 is 28.3 Å². The Hall–Kier alpha value is -1.43. The molecular weight excluding hydrogens is 365 g/mol. The highest BCUT2D eigenvalue weighted by atomic mass is 127. The van der Waals surface area contributed by atoms with Crippen LogP contribution in [-0.2, 0) is 0 Å². The van der Waals surface area contributed by atoms with Crippen molar-refractivity contribution in [3.05, 3.63) is 52.1 Å². The predicted molar refractivity (Wildman–Crippen MR) is 90.2 cm³/mol. The Kier molecular flexibility index (Phi) is 5.98. The van der Waals surface area contributed by atoms with Gasteiger partial charge in [0.15, 0.2) is 0 Å². The van der Waals surface area contributed by atoms with Gasteiger partial charge in [0.2, 0.25) is 0 Å². The number of hydrogen-bond acceptors (Lipinski definition) is 3. The molecule has 0 atom stereocenters.